The summed E-state index contributed by atoms with van der Waals surface area (Å²) in [5, 5.41) is 3.70. The maximum atomic E-state index is 3.70. The van der Waals surface area contributed by atoms with Gasteiger partial charge in [-0.2, -0.15) is 0 Å². The van der Waals surface area contributed by atoms with E-state index >= 15 is 0 Å². The van der Waals surface area contributed by atoms with Crippen molar-refractivity contribution in [1.82, 2.24) is 5.32 Å². The highest BCUT2D eigenvalue weighted by molar-refractivity contribution is 4.81. The molecule has 0 saturated heterocycles. The third-order valence-corrected chi connectivity index (χ3v) is 4.97. The molecule has 0 aromatic heterocycles. The van der Waals surface area contributed by atoms with Crippen LogP contribution in [-0.2, 0) is 0 Å². The van der Waals surface area contributed by atoms with Gasteiger partial charge in [0.15, 0.2) is 0 Å². The minimum absolute atomic E-state index is 0.655. The maximum absolute atomic E-state index is 3.70. The summed E-state index contributed by atoms with van der Waals surface area (Å²) in [4.78, 5) is 0. The van der Waals surface area contributed by atoms with E-state index in [4.69, 9.17) is 0 Å². The van der Waals surface area contributed by atoms with E-state index in [0.29, 0.717) is 6.04 Å². The van der Waals surface area contributed by atoms with Gasteiger partial charge >= 0.3 is 0 Å². The summed E-state index contributed by atoms with van der Waals surface area (Å²) >= 11 is 0. The summed E-state index contributed by atoms with van der Waals surface area (Å²) in [6, 6.07) is 0.655. The Morgan fingerprint density at radius 1 is 0.941 bits per heavy atom. The van der Waals surface area contributed by atoms with Crippen LogP contribution < -0.4 is 5.32 Å². The molecule has 0 spiro atoms. The minimum Gasteiger partial charge on any atom is -0.314 e. The second-order valence-corrected chi connectivity index (χ2v) is 6.75. The van der Waals surface area contributed by atoms with Crippen LogP contribution in [0.25, 0.3) is 0 Å². The van der Waals surface area contributed by atoms with Gasteiger partial charge in [0.1, 0.15) is 0 Å². The number of hydrogen-bond donors (Lipinski definition) is 1. The molecule has 0 aromatic rings. The van der Waals surface area contributed by atoms with Crippen LogP contribution in [0.5, 0.6) is 0 Å². The first-order valence-corrected chi connectivity index (χ1v) is 7.99. The Bertz CT molecular complexity index is 200. The van der Waals surface area contributed by atoms with Gasteiger partial charge in [0.05, 0.1) is 0 Å². The standard InChI is InChI=1S/C16H31N/c1-13(2)17-12-16(15-9-5-6-10-15)11-14-7-3-4-8-14/h13-17H,3-12H2,1-2H3. The molecular weight excluding hydrogens is 206 g/mol. The lowest BCUT2D eigenvalue weighted by atomic mass is 9.82. The molecule has 1 nitrogen and oxygen atoms in total. The van der Waals surface area contributed by atoms with E-state index in [2.05, 4.69) is 19.2 Å². The van der Waals surface area contributed by atoms with Crippen LogP contribution in [0.3, 0.4) is 0 Å². The first kappa shape index (κ1) is 13.4. The highest BCUT2D eigenvalue weighted by Crippen LogP contribution is 2.38. The molecule has 2 rings (SSSR count). The lowest BCUT2D eigenvalue weighted by molar-refractivity contribution is 0.256. The topological polar surface area (TPSA) is 12.0 Å². The third kappa shape index (κ3) is 4.28. The predicted molar refractivity (Wildman–Crippen MR) is 75.2 cm³/mol. The molecule has 1 N–H and O–H groups in total. The zero-order chi connectivity index (χ0) is 12.1. The van der Waals surface area contributed by atoms with E-state index in [1.54, 1.807) is 0 Å². The van der Waals surface area contributed by atoms with Crippen molar-refractivity contribution in [1.29, 1.82) is 0 Å². The summed E-state index contributed by atoms with van der Waals surface area (Å²) in [7, 11) is 0. The van der Waals surface area contributed by atoms with Gasteiger partial charge < -0.3 is 5.32 Å². The molecule has 0 aromatic carbocycles. The monoisotopic (exact) mass is 237 g/mol. The minimum atomic E-state index is 0.655. The first-order valence-electron chi connectivity index (χ1n) is 7.99. The highest BCUT2D eigenvalue weighted by atomic mass is 14.9. The molecule has 2 aliphatic carbocycles. The van der Waals surface area contributed by atoms with E-state index in [1.807, 2.05) is 0 Å². The van der Waals surface area contributed by atoms with Crippen molar-refractivity contribution in [3.63, 3.8) is 0 Å². The molecule has 2 fully saturated rings. The molecule has 2 aliphatic rings. The summed E-state index contributed by atoms with van der Waals surface area (Å²) in [6.45, 7) is 5.83. The van der Waals surface area contributed by atoms with E-state index in [0.717, 1.165) is 17.8 Å². The van der Waals surface area contributed by atoms with Gasteiger partial charge in [-0.1, -0.05) is 65.2 Å². The van der Waals surface area contributed by atoms with Gasteiger partial charge in [-0.3, -0.25) is 0 Å². The fourth-order valence-corrected chi connectivity index (χ4v) is 3.93. The molecule has 0 bridgehead atoms. The van der Waals surface area contributed by atoms with E-state index in [9.17, 15) is 0 Å². The Kier molecular flexibility index (Phi) is 5.34. The molecule has 0 heterocycles. The van der Waals surface area contributed by atoms with Gasteiger partial charge in [0, 0.05) is 6.04 Å². The van der Waals surface area contributed by atoms with Gasteiger partial charge in [-0.25, -0.2) is 0 Å². The van der Waals surface area contributed by atoms with Crippen LogP contribution in [0.2, 0.25) is 0 Å². The quantitative estimate of drug-likeness (QED) is 0.723. The summed E-state index contributed by atoms with van der Waals surface area (Å²) in [6.07, 6.45) is 13.6. The van der Waals surface area contributed by atoms with Crippen LogP contribution >= 0.6 is 0 Å². The average Bonchev–Trinajstić information content (AvgIpc) is 2.96. The molecule has 1 atom stereocenters. The fraction of sp³-hybridized carbons (Fsp3) is 1.00. The largest absolute Gasteiger partial charge is 0.314 e. The van der Waals surface area contributed by atoms with Gasteiger partial charge in [-0.05, 0) is 30.7 Å². The van der Waals surface area contributed by atoms with Crippen LogP contribution in [-0.4, -0.2) is 12.6 Å². The molecular formula is C16H31N. The molecule has 1 unspecified atom stereocenters. The van der Waals surface area contributed by atoms with Crippen molar-refractivity contribution >= 4 is 0 Å². The molecule has 1 heteroatoms. The van der Waals surface area contributed by atoms with Gasteiger partial charge in [-0.15, -0.1) is 0 Å². The Hall–Kier alpha value is -0.0400. The van der Waals surface area contributed by atoms with Crippen molar-refractivity contribution in [2.45, 2.75) is 77.7 Å². The SMILES string of the molecule is CC(C)NCC(CC1CCCC1)C1CCCC1. The predicted octanol–water partition coefficient (Wildman–Crippen LogP) is 4.37. The molecule has 0 amide bonds. The van der Waals surface area contributed by atoms with Crippen molar-refractivity contribution in [3.05, 3.63) is 0 Å². The lowest BCUT2D eigenvalue weighted by Gasteiger charge is -2.27. The Morgan fingerprint density at radius 3 is 2.12 bits per heavy atom. The summed E-state index contributed by atoms with van der Waals surface area (Å²) in [5.74, 6) is 3.08. The Labute approximate surface area is 108 Å². The van der Waals surface area contributed by atoms with Crippen molar-refractivity contribution in [2.75, 3.05) is 6.54 Å². The second kappa shape index (κ2) is 6.78. The van der Waals surface area contributed by atoms with Crippen LogP contribution in [0.4, 0.5) is 0 Å². The molecule has 0 radical (unpaired) electrons. The molecule has 0 aliphatic heterocycles. The van der Waals surface area contributed by atoms with Crippen molar-refractivity contribution < 1.29 is 0 Å². The fourth-order valence-electron chi connectivity index (χ4n) is 3.93. The van der Waals surface area contributed by atoms with E-state index in [1.165, 1.54) is 64.3 Å². The molecule has 100 valence electrons. The van der Waals surface area contributed by atoms with Crippen molar-refractivity contribution in [3.8, 4) is 0 Å². The lowest BCUT2D eigenvalue weighted by Crippen LogP contribution is -2.33. The zero-order valence-electron chi connectivity index (χ0n) is 11.9. The average molecular weight is 237 g/mol. The van der Waals surface area contributed by atoms with Gasteiger partial charge in [0.25, 0.3) is 0 Å². The summed E-state index contributed by atoms with van der Waals surface area (Å²) in [5.41, 5.74) is 0. The molecule has 2 saturated carbocycles. The summed E-state index contributed by atoms with van der Waals surface area (Å²) < 4.78 is 0. The maximum Gasteiger partial charge on any atom is 0.00104 e. The van der Waals surface area contributed by atoms with Crippen LogP contribution in [0.15, 0.2) is 0 Å². The highest BCUT2D eigenvalue weighted by Gasteiger charge is 2.28. The molecule has 17 heavy (non-hydrogen) atoms. The van der Waals surface area contributed by atoms with Crippen molar-refractivity contribution in [2.24, 2.45) is 17.8 Å². The number of nitrogens with one attached hydrogen (secondary N) is 1. The van der Waals surface area contributed by atoms with Gasteiger partial charge in [0.2, 0.25) is 0 Å². The smallest absolute Gasteiger partial charge is 0.00104 e. The Balaban J connectivity index is 1.81. The van der Waals surface area contributed by atoms with Crippen LogP contribution in [0, 0.1) is 17.8 Å². The Morgan fingerprint density at radius 2 is 1.53 bits per heavy atom. The third-order valence-electron chi connectivity index (χ3n) is 4.97. The normalized spacial score (nSPS) is 24.9. The number of rotatable bonds is 6. The van der Waals surface area contributed by atoms with E-state index in [-0.39, 0.29) is 0 Å². The van der Waals surface area contributed by atoms with Crippen LogP contribution in [0.1, 0.15) is 71.6 Å². The second-order valence-electron chi connectivity index (χ2n) is 6.75. The van der Waals surface area contributed by atoms with E-state index < -0.39 is 0 Å². The number of hydrogen-bond acceptors (Lipinski definition) is 1. The first-order chi connectivity index (χ1) is 8.25. The zero-order valence-corrected chi connectivity index (χ0v) is 11.9.